The number of urea groups is 1. The van der Waals surface area contributed by atoms with Crippen molar-refractivity contribution < 1.29 is 14.3 Å². The Labute approximate surface area is 196 Å². The number of carbonyl (C=O) groups excluding carboxylic acids is 2. The molecule has 6 heteroatoms. The normalized spacial score (nSPS) is 21.1. The molecule has 0 bridgehead atoms. The molecule has 0 saturated carbocycles. The van der Waals surface area contributed by atoms with Crippen LogP contribution in [-0.2, 0) is 11.2 Å². The highest BCUT2D eigenvalue weighted by Crippen LogP contribution is 2.36. The first-order chi connectivity index (χ1) is 16.1. The van der Waals surface area contributed by atoms with E-state index in [2.05, 4.69) is 17.4 Å². The summed E-state index contributed by atoms with van der Waals surface area (Å²) in [7, 11) is 0. The van der Waals surface area contributed by atoms with Crippen molar-refractivity contribution >= 4 is 11.9 Å². The van der Waals surface area contributed by atoms with Gasteiger partial charge < -0.3 is 19.9 Å². The van der Waals surface area contributed by atoms with Gasteiger partial charge in [-0.1, -0.05) is 48.5 Å². The monoisotopic (exact) mass is 449 g/mol. The molecule has 0 aromatic heterocycles. The summed E-state index contributed by atoms with van der Waals surface area (Å²) < 4.78 is 6.11. The molecule has 2 saturated heterocycles. The fraction of sp³-hybridized carbons (Fsp3) is 0.481. The molecule has 2 heterocycles. The first-order valence-electron chi connectivity index (χ1n) is 12.1. The fourth-order valence-corrected chi connectivity index (χ4v) is 5.21. The van der Waals surface area contributed by atoms with Crippen LogP contribution in [0.3, 0.4) is 0 Å². The summed E-state index contributed by atoms with van der Waals surface area (Å²) in [4.78, 5) is 28.6. The van der Waals surface area contributed by atoms with Gasteiger partial charge in [0.1, 0.15) is 5.75 Å². The molecule has 3 amide bonds. The molecule has 0 unspecified atom stereocenters. The number of likely N-dealkylation sites (tertiary alicyclic amines) is 2. The summed E-state index contributed by atoms with van der Waals surface area (Å²) in [6, 6.07) is 20.1. The van der Waals surface area contributed by atoms with Crippen LogP contribution in [0.1, 0.15) is 25.3 Å². The van der Waals surface area contributed by atoms with Gasteiger partial charge >= 0.3 is 6.03 Å². The number of piperidine rings is 1. The number of benzene rings is 2. The average molecular weight is 450 g/mol. The first kappa shape index (κ1) is 23.1. The van der Waals surface area contributed by atoms with Crippen LogP contribution in [0.15, 0.2) is 60.7 Å². The number of rotatable bonds is 7. The molecule has 2 aliphatic rings. The summed E-state index contributed by atoms with van der Waals surface area (Å²) in [5, 5.41) is 3.11. The molecule has 6 nitrogen and oxygen atoms in total. The van der Waals surface area contributed by atoms with Crippen LogP contribution in [0.4, 0.5) is 4.79 Å². The highest BCUT2D eigenvalue weighted by molar-refractivity contribution is 5.74. The average Bonchev–Trinajstić information content (AvgIpc) is 3.28. The quantitative estimate of drug-likeness (QED) is 0.699. The first-order valence-corrected chi connectivity index (χ1v) is 12.1. The molecule has 33 heavy (non-hydrogen) atoms. The molecule has 2 atom stereocenters. The molecule has 0 radical (unpaired) electrons. The van der Waals surface area contributed by atoms with Crippen LogP contribution in [0, 0.1) is 17.8 Å². The SMILES string of the molecule is CC(=O)N1CCC([C@@H]2CN(C(=O)NCCc3ccccc3)C[C@H]2COc2ccccc2)CC1. The number of nitrogens with zero attached hydrogens (tertiary/aromatic N) is 2. The summed E-state index contributed by atoms with van der Waals surface area (Å²) in [5.41, 5.74) is 1.23. The topological polar surface area (TPSA) is 61.9 Å². The zero-order valence-electron chi connectivity index (χ0n) is 19.5. The van der Waals surface area contributed by atoms with E-state index in [1.165, 1.54) is 5.56 Å². The Hall–Kier alpha value is -3.02. The highest BCUT2D eigenvalue weighted by atomic mass is 16.5. The Bertz CT molecular complexity index is 897. The van der Waals surface area contributed by atoms with Crippen LogP contribution in [0.25, 0.3) is 0 Å². The van der Waals surface area contributed by atoms with Crippen LogP contribution in [0.2, 0.25) is 0 Å². The molecule has 4 rings (SSSR count). The Balaban J connectivity index is 1.35. The number of nitrogens with one attached hydrogen (secondary N) is 1. The maximum atomic E-state index is 12.9. The minimum absolute atomic E-state index is 0.0133. The van der Waals surface area contributed by atoms with Crippen molar-refractivity contribution in [2.75, 3.05) is 39.3 Å². The van der Waals surface area contributed by atoms with Gasteiger partial charge in [0.2, 0.25) is 5.91 Å². The molecule has 2 fully saturated rings. The highest BCUT2D eigenvalue weighted by Gasteiger charge is 2.41. The van der Waals surface area contributed by atoms with Gasteiger partial charge in [-0.05, 0) is 48.8 Å². The second-order valence-electron chi connectivity index (χ2n) is 9.26. The van der Waals surface area contributed by atoms with E-state index in [1.807, 2.05) is 58.3 Å². The third-order valence-corrected chi connectivity index (χ3v) is 7.11. The van der Waals surface area contributed by atoms with E-state index in [0.717, 1.165) is 44.6 Å². The standard InChI is InChI=1S/C27H35N3O3/c1-21(31)29-16-13-23(14-17-29)26-19-30(18-24(26)20-33-25-10-6-3-7-11-25)27(32)28-15-12-22-8-4-2-5-9-22/h2-11,23-24,26H,12-20H2,1H3,(H,28,32)/t24-,26-/m0/s1. The van der Waals surface area contributed by atoms with Gasteiger partial charge in [-0.2, -0.15) is 0 Å². The van der Waals surface area contributed by atoms with Gasteiger partial charge in [-0.15, -0.1) is 0 Å². The predicted molar refractivity (Wildman–Crippen MR) is 129 cm³/mol. The lowest BCUT2D eigenvalue weighted by Crippen LogP contribution is -2.41. The fourth-order valence-electron chi connectivity index (χ4n) is 5.21. The van der Waals surface area contributed by atoms with E-state index in [-0.39, 0.29) is 11.9 Å². The van der Waals surface area contributed by atoms with Crippen LogP contribution in [-0.4, -0.2) is 61.1 Å². The van der Waals surface area contributed by atoms with Gasteiger partial charge in [-0.3, -0.25) is 4.79 Å². The van der Waals surface area contributed by atoms with E-state index in [1.54, 1.807) is 6.92 Å². The molecule has 176 valence electrons. The van der Waals surface area contributed by atoms with E-state index in [4.69, 9.17) is 4.74 Å². The van der Waals surface area contributed by atoms with Crippen LogP contribution < -0.4 is 10.1 Å². The van der Waals surface area contributed by atoms with Crippen LogP contribution in [0.5, 0.6) is 5.75 Å². The van der Waals surface area contributed by atoms with Crippen molar-refractivity contribution in [3.63, 3.8) is 0 Å². The Morgan fingerprint density at radius 1 is 0.939 bits per heavy atom. The van der Waals surface area contributed by atoms with Gasteiger partial charge in [-0.25, -0.2) is 4.79 Å². The third kappa shape index (κ3) is 6.28. The summed E-state index contributed by atoms with van der Waals surface area (Å²) in [6.07, 6.45) is 2.82. The molecule has 2 aliphatic heterocycles. The lowest BCUT2D eigenvalue weighted by Gasteiger charge is -2.36. The number of amides is 3. The molecule has 0 spiro atoms. The van der Waals surface area contributed by atoms with Crippen molar-refractivity contribution in [2.24, 2.45) is 17.8 Å². The van der Waals surface area contributed by atoms with Crippen molar-refractivity contribution in [1.82, 2.24) is 15.1 Å². The van der Waals surface area contributed by atoms with Crippen LogP contribution >= 0.6 is 0 Å². The van der Waals surface area contributed by atoms with Crippen molar-refractivity contribution in [1.29, 1.82) is 0 Å². The lowest BCUT2D eigenvalue weighted by molar-refractivity contribution is -0.130. The maximum Gasteiger partial charge on any atom is 0.317 e. The van der Waals surface area contributed by atoms with Gasteiger partial charge in [0.15, 0.2) is 0 Å². The third-order valence-electron chi connectivity index (χ3n) is 7.11. The number of hydrogen-bond acceptors (Lipinski definition) is 3. The minimum Gasteiger partial charge on any atom is -0.493 e. The van der Waals surface area contributed by atoms with Gasteiger partial charge in [0, 0.05) is 45.6 Å². The molecule has 0 aliphatic carbocycles. The van der Waals surface area contributed by atoms with Gasteiger partial charge in [0.05, 0.1) is 6.61 Å². The van der Waals surface area contributed by atoms with E-state index in [0.29, 0.717) is 37.5 Å². The Morgan fingerprint density at radius 2 is 1.61 bits per heavy atom. The summed E-state index contributed by atoms with van der Waals surface area (Å²) in [5.74, 6) is 2.21. The lowest BCUT2D eigenvalue weighted by atomic mass is 9.79. The van der Waals surface area contributed by atoms with Gasteiger partial charge in [0.25, 0.3) is 0 Å². The van der Waals surface area contributed by atoms with Crippen molar-refractivity contribution in [2.45, 2.75) is 26.2 Å². The molecule has 2 aromatic rings. The Morgan fingerprint density at radius 3 is 2.27 bits per heavy atom. The molecular weight excluding hydrogens is 414 g/mol. The number of para-hydroxylation sites is 1. The second kappa shape index (κ2) is 11.2. The summed E-state index contributed by atoms with van der Waals surface area (Å²) in [6.45, 7) is 5.97. The number of carbonyl (C=O) groups is 2. The van der Waals surface area contributed by atoms with Crippen molar-refractivity contribution in [3.8, 4) is 5.75 Å². The van der Waals surface area contributed by atoms with E-state index in [9.17, 15) is 9.59 Å². The Kier molecular flexibility index (Phi) is 7.87. The molecule has 2 aromatic carbocycles. The molecule has 1 N–H and O–H groups in total. The largest absolute Gasteiger partial charge is 0.493 e. The van der Waals surface area contributed by atoms with Crippen molar-refractivity contribution in [3.05, 3.63) is 66.2 Å². The zero-order valence-corrected chi connectivity index (χ0v) is 19.5. The minimum atomic E-state index is 0.0133. The predicted octanol–water partition coefficient (Wildman–Crippen LogP) is 3.82. The molecular formula is C27H35N3O3. The van der Waals surface area contributed by atoms with E-state index >= 15 is 0 Å². The summed E-state index contributed by atoms with van der Waals surface area (Å²) >= 11 is 0. The van der Waals surface area contributed by atoms with E-state index < -0.39 is 0 Å². The smallest absolute Gasteiger partial charge is 0.317 e. The number of ether oxygens (including phenoxy) is 1. The number of hydrogen-bond donors (Lipinski definition) is 1. The second-order valence-corrected chi connectivity index (χ2v) is 9.26. The zero-order chi connectivity index (χ0) is 23.0. The maximum absolute atomic E-state index is 12.9.